The van der Waals surface area contributed by atoms with E-state index in [1.165, 1.54) is 133 Å². The van der Waals surface area contributed by atoms with Crippen molar-refractivity contribution >= 4 is 23.9 Å². The monoisotopic (exact) mass is 906 g/mol. The Bertz CT molecular complexity index is 2700. The number of unbranched alkanes of at least 4 members (excludes halogenated alkanes) is 7. The number of nitriles is 4. The molecule has 338 valence electrons. The molecule has 0 aliphatic heterocycles. The summed E-state index contributed by atoms with van der Waals surface area (Å²) in [5, 5.41) is 36.3. The topological polar surface area (TPSA) is 219 Å². The Balaban J connectivity index is 0.968. The predicted molar refractivity (Wildman–Crippen MR) is 245 cm³/mol. The van der Waals surface area contributed by atoms with Crippen molar-refractivity contribution in [1.82, 2.24) is 0 Å². The second-order valence-corrected chi connectivity index (χ2v) is 15.1. The van der Waals surface area contributed by atoms with E-state index in [2.05, 4.69) is 0 Å². The van der Waals surface area contributed by atoms with Crippen LogP contribution in [0.2, 0.25) is 0 Å². The Labute approximate surface area is 392 Å². The normalized spacial score (nSPS) is 10.2. The molecule has 0 saturated heterocycles. The number of ether oxygens (including phenoxy) is 6. The highest BCUT2D eigenvalue weighted by Gasteiger charge is 2.21. The average Bonchev–Trinajstić information content (AvgIpc) is 3.37. The fourth-order valence-electron chi connectivity index (χ4n) is 6.55. The fraction of sp³-hybridized carbons (Fsp3) is 0.185. The molecule has 0 bridgehead atoms. The number of esters is 4. The molecule has 0 fully saturated rings. The lowest BCUT2D eigenvalue weighted by atomic mass is 10.1. The van der Waals surface area contributed by atoms with Crippen molar-refractivity contribution in [2.24, 2.45) is 0 Å². The number of carbonyl (C=O) groups is 4. The quantitative estimate of drug-likeness (QED) is 0.0373. The van der Waals surface area contributed by atoms with E-state index in [1.54, 1.807) is 0 Å². The minimum atomic E-state index is -0.709. The molecule has 0 heterocycles. The number of benzene rings is 6. The van der Waals surface area contributed by atoms with Crippen molar-refractivity contribution < 1.29 is 47.6 Å². The molecule has 0 N–H and O–H groups in total. The summed E-state index contributed by atoms with van der Waals surface area (Å²) >= 11 is 0. The molecule has 14 nitrogen and oxygen atoms in total. The fourth-order valence-corrected chi connectivity index (χ4v) is 6.55. The van der Waals surface area contributed by atoms with Crippen LogP contribution < -0.4 is 28.4 Å². The second-order valence-electron chi connectivity index (χ2n) is 15.1. The molecule has 0 radical (unpaired) electrons. The Hall–Kier alpha value is -9.24. The first-order valence-corrected chi connectivity index (χ1v) is 21.6. The Morgan fingerprint density at radius 1 is 0.338 bits per heavy atom. The van der Waals surface area contributed by atoms with Crippen molar-refractivity contribution in [2.75, 3.05) is 13.2 Å². The van der Waals surface area contributed by atoms with Crippen molar-refractivity contribution in [3.05, 3.63) is 178 Å². The van der Waals surface area contributed by atoms with Crippen LogP contribution >= 0.6 is 0 Å². The Morgan fingerprint density at radius 3 is 0.882 bits per heavy atom. The maximum Gasteiger partial charge on any atom is 0.347 e. The smallest absolute Gasteiger partial charge is 0.347 e. The number of rotatable bonds is 21. The third-order valence-electron chi connectivity index (χ3n) is 10.2. The van der Waals surface area contributed by atoms with E-state index in [9.17, 15) is 19.2 Å². The van der Waals surface area contributed by atoms with Crippen LogP contribution in [0.4, 0.5) is 0 Å². The van der Waals surface area contributed by atoms with Gasteiger partial charge in [0.15, 0.2) is 0 Å². The largest absolute Gasteiger partial charge is 0.493 e. The summed E-state index contributed by atoms with van der Waals surface area (Å²) in [7, 11) is 0. The molecule has 0 saturated carbocycles. The molecule has 0 unspecified atom stereocenters. The second kappa shape index (κ2) is 24.7. The van der Waals surface area contributed by atoms with Gasteiger partial charge >= 0.3 is 23.9 Å². The van der Waals surface area contributed by atoms with Crippen LogP contribution in [0.25, 0.3) is 0 Å². The zero-order valence-corrected chi connectivity index (χ0v) is 36.6. The Morgan fingerprint density at radius 2 is 0.603 bits per heavy atom. The van der Waals surface area contributed by atoms with Crippen LogP contribution in [0.1, 0.15) is 115 Å². The lowest BCUT2D eigenvalue weighted by molar-refractivity contribution is 0.0716. The van der Waals surface area contributed by atoms with Gasteiger partial charge in [0.05, 0.1) is 70.9 Å². The van der Waals surface area contributed by atoms with Crippen LogP contribution in [-0.2, 0) is 0 Å². The SMILES string of the molecule is N#Cc1ccc(OC(=O)c2ccc(C(=O)Oc3ccc(C#N)cc3)c(OCCCCCCCCCCOc3cc(C(=O)Oc4ccc(C#N)cc4)ccc3C(=O)Oc3ccc(C#N)cc3)c2)cc1. The molecule has 0 atom stereocenters. The maximum atomic E-state index is 13.3. The molecular formula is C54H42N4O10. The minimum Gasteiger partial charge on any atom is -0.493 e. The third kappa shape index (κ3) is 14.1. The predicted octanol–water partition coefficient (Wildman–Crippen LogP) is 10.6. The van der Waals surface area contributed by atoms with E-state index in [0.717, 1.165) is 38.5 Å². The summed E-state index contributed by atoms with van der Waals surface area (Å²) in [6.45, 7) is 0.528. The lowest BCUT2D eigenvalue weighted by Crippen LogP contribution is -2.14. The number of carbonyl (C=O) groups excluding carboxylic acids is 4. The molecule has 6 aromatic rings. The number of hydrogen-bond donors (Lipinski definition) is 0. The summed E-state index contributed by atoms with van der Waals surface area (Å²) in [6.07, 6.45) is 6.84. The van der Waals surface area contributed by atoms with Crippen molar-refractivity contribution in [2.45, 2.75) is 51.4 Å². The summed E-state index contributed by atoms with van der Waals surface area (Å²) in [6, 6.07) is 41.0. The summed E-state index contributed by atoms with van der Waals surface area (Å²) < 4.78 is 34.1. The first-order chi connectivity index (χ1) is 33.2. The lowest BCUT2D eigenvalue weighted by Gasteiger charge is -2.13. The Kier molecular flexibility index (Phi) is 17.5. The van der Waals surface area contributed by atoms with Crippen molar-refractivity contribution in [1.29, 1.82) is 21.0 Å². The maximum absolute atomic E-state index is 13.3. The van der Waals surface area contributed by atoms with E-state index in [-0.39, 0.29) is 70.0 Å². The summed E-state index contributed by atoms with van der Waals surface area (Å²) in [5.74, 6) is -1.54. The number of nitrogens with zero attached hydrogens (tertiary/aromatic N) is 4. The first kappa shape index (κ1) is 48.2. The third-order valence-corrected chi connectivity index (χ3v) is 10.2. The van der Waals surface area contributed by atoms with Crippen LogP contribution in [0.15, 0.2) is 133 Å². The highest BCUT2D eigenvalue weighted by atomic mass is 16.6. The van der Waals surface area contributed by atoms with E-state index < -0.39 is 23.9 Å². The van der Waals surface area contributed by atoms with Gasteiger partial charge in [0.2, 0.25) is 0 Å². The van der Waals surface area contributed by atoms with E-state index in [4.69, 9.17) is 49.5 Å². The van der Waals surface area contributed by atoms with Gasteiger partial charge in [0, 0.05) is 0 Å². The molecule has 14 heteroatoms. The van der Waals surface area contributed by atoms with Crippen LogP contribution in [-0.4, -0.2) is 37.1 Å². The molecule has 6 aromatic carbocycles. The van der Waals surface area contributed by atoms with Gasteiger partial charge in [-0.25, -0.2) is 19.2 Å². The van der Waals surface area contributed by atoms with Gasteiger partial charge in [-0.3, -0.25) is 0 Å². The van der Waals surface area contributed by atoms with Gasteiger partial charge in [-0.1, -0.05) is 38.5 Å². The highest BCUT2D eigenvalue weighted by Crippen LogP contribution is 2.27. The molecule has 0 aliphatic rings. The van der Waals surface area contributed by atoms with Gasteiger partial charge in [0.25, 0.3) is 0 Å². The molecule has 0 spiro atoms. The van der Waals surface area contributed by atoms with Gasteiger partial charge in [-0.15, -0.1) is 0 Å². The molecule has 6 rings (SSSR count). The van der Waals surface area contributed by atoms with Crippen molar-refractivity contribution in [3.8, 4) is 58.8 Å². The molecule has 0 aromatic heterocycles. The van der Waals surface area contributed by atoms with E-state index in [1.807, 2.05) is 24.3 Å². The zero-order valence-electron chi connectivity index (χ0n) is 36.6. The van der Waals surface area contributed by atoms with Crippen molar-refractivity contribution in [3.63, 3.8) is 0 Å². The van der Waals surface area contributed by atoms with Gasteiger partial charge < -0.3 is 28.4 Å². The first-order valence-electron chi connectivity index (χ1n) is 21.6. The van der Waals surface area contributed by atoms with E-state index >= 15 is 0 Å². The van der Waals surface area contributed by atoms with Gasteiger partial charge in [-0.2, -0.15) is 21.0 Å². The molecule has 0 aliphatic carbocycles. The van der Waals surface area contributed by atoms with E-state index in [0.29, 0.717) is 35.1 Å². The van der Waals surface area contributed by atoms with Crippen LogP contribution in [0.3, 0.4) is 0 Å². The number of hydrogen-bond acceptors (Lipinski definition) is 14. The molecular weight excluding hydrogens is 865 g/mol. The minimum absolute atomic E-state index is 0.0995. The van der Waals surface area contributed by atoms with Gasteiger partial charge in [0.1, 0.15) is 45.6 Å². The molecule has 0 amide bonds. The van der Waals surface area contributed by atoms with Crippen LogP contribution in [0.5, 0.6) is 34.5 Å². The highest BCUT2D eigenvalue weighted by molar-refractivity contribution is 5.98. The van der Waals surface area contributed by atoms with Gasteiger partial charge in [-0.05, 0) is 146 Å². The average molecular weight is 907 g/mol. The standard InChI is InChI=1S/C54H42N4O10/c55-33-37-9-19-43(20-10-37)65-51(59)41-17-27-47(53(61)67-45-23-13-39(35-57)14-24-45)49(31-41)63-29-7-5-3-1-2-4-6-8-30-64-50-32-42(52(60)66-44-21-11-38(34-56)12-22-44)18-28-48(50)54(62)68-46-25-15-40(36-58)16-26-46/h9-28,31-32H,1-8,29-30H2. The summed E-state index contributed by atoms with van der Waals surface area (Å²) in [4.78, 5) is 52.6. The zero-order chi connectivity index (χ0) is 48.1. The summed E-state index contributed by atoms with van der Waals surface area (Å²) in [5.41, 5.74) is 2.13. The van der Waals surface area contributed by atoms with Crippen LogP contribution in [0, 0.1) is 45.3 Å². The molecule has 68 heavy (non-hydrogen) atoms.